The molecule has 1 fully saturated rings. The molecule has 1 atom stereocenters. The first-order chi connectivity index (χ1) is 10.1. The van der Waals surface area contributed by atoms with Crippen LogP contribution in [0.15, 0.2) is 22.6 Å². The molecule has 1 aromatic heterocycles. The van der Waals surface area contributed by atoms with Crippen molar-refractivity contribution >= 4 is 23.1 Å². The second kappa shape index (κ2) is 5.73. The molecule has 112 valence electrons. The molecule has 0 radical (unpaired) electrons. The smallest absolute Gasteiger partial charge is 0.335 e. The van der Waals surface area contributed by atoms with Crippen molar-refractivity contribution in [1.29, 1.82) is 0 Å². The van der Waals surface area contributed by atoms with Gasteiger partial charge in [-0.3, -0.25) is 0 Å². The molecule has 3 rings (SSSR count). The van der Waals surface area contributed by atoms with E-state index < -0.39 is 5.97 Å². The lowest BCUT2D eigenvalue weighted by molar-refractivity contribution is 0.0573. The molecule has 1 aliphatic rings. The maximum Gasteiger partial charge on any atom is 0.335 e. The number of carboxylic acids is 1. The quantitative estimate of drug-likeness (QED) is 0.931. The van der Waals surface area contributed by atoms with Crippen molar-refractivity contribution in [2.24, 2.45) is 5.92 Å². The molecular formula is C15H18N2O4. The molecular weight excluding hydrogens is 272 g/mol. The van der Waals surface area contributed by atoms with Gasteiger partial charge in [0.1, 0.15) is 5.52 Å². The Morgan fingerprint density at radius 1 is 1.52 bits per heavy atom. The third-order valence-electron chi connectivity index (χ3n) is 3.74. The number of fused-ring (bicyclic) bond motifs is 1. The fourth-order valence-electron chi connectivity index (χ4n) is 2.63. The number of anilines is 1. The van der Waals surface area contributed by atoms with E-state index in [9.17, 15) is 4.79 Å². The number of rotatable bonds is 4. The number of oxazole rings is 1. The van der Waals surface area contributed by atoms with Crippen molar-refractivity contribution in [2.45, 2.75) is 12.8 Å². The van der Waals surface area contributed by atoms with Crippen molar-refractivity contribution in [2.75, 3.05) is 31.7 Å². The standard InChI is InChI=1S/C15H18N2O4/c1-17(8-10-3-2-6-20-9-10)15-16-12-5-4-11(14(18)19)7-13(12)21-15/h4-5,7,10H,2-3,6,8-9H2,1H3,(H,18,19). The van der Waals surface area contributed by atoms with E-state index in [1.165, 1.54) is 12.1 Å². The van der Waals surface area contributed by atoms with Crippen LogP contribution in [0.4, 0.5) is 6.01 Å². The van der Waals surface area contributed by atoms with Gasteiger partial charge in [0.25, 0.3) is 6.01 Å². The van der Waals surface area contributed by atoms with E-state index in [1.807, 2.05) is 11.9 Å². The Hall–Kier alpha value is -2.08. The van der Waals surface area contributed by atoms with Gasteiger partial charge in [0.2, 0.25) is 0 Å². The zero-order chi connectivity index (χ0) is 14.8. The monoisotopic (exact) mass is 290 g/mol. The van der Waals surface area contributed by atoms with Gasteiger partial charge in [-0.05, 0) is 31.0 Å². The van der Waals surface area contributed by atoms with Gasteiger partial charge in [0, 0.05) is 26.1 Å². The largest absolute Gasteiger partial charge is 0.478 e. The number of aromatic nitrogens is 1. The fourth-order valence-corrected chi connectivity index (χ4v) is 2.63. The molecule has 1 aromatic carbocycles. The van der Waals surface area contributed by atoms with E-state index in [0.29, 0.717) is 23.0 Å². The second-order valence-corrected chi connectivity index (χ2v) is 5.45. The summed E-state index contributed by atoms with van der Waals surface area (Å²) < 4.78 is 11.1. The highest BCUT2D eigenvalue weighted by Crippen LogP contribution is 2.24. The Kier molecular flexibility index (Phi) is 3.79. The summed E-state index contributed by atoms with van der Waals surface area (Å²) in [6.07, 6.45) is 2.24. The zero-order valence-corrected chi connectivity index (χ0v) is 11.9. The SMILES string of the molecule is CN(CC1CCCOC1)c1nc2ccc(C(=O)O)cc2o1. The van der Waals surface area contributed by atoms with E-state index in [2.05, 4.69) is 4.98 Å². The maximum absolute atomic E-state index is 11.0. The number of ether oxygens (including phenoxy) is 1. The highest BCUT2D eigenvalue weighted by Gasteiger charge is 2.19. The van der Waals surface area contributed by atoms with Gasteiger partial charge < -0.3 is 19.2 Å². The van der Waals surface area contributed by atoms with Crippen LogP contribution in [-0.4, -0.2) is 42.9 Å². The number of hydrogen-bond donors (Lipinski definition) is 1. The van der Waals surface area contributed by atoms with Crippen LogP contribution in [-0.2, 0) is 4.74 Å². The number of nitrogens with zero attached hydrogens (tertiary/aromatic N) is 2. The van der Waals surface area contributed by atoms with Crippen molar-refractivity contribution < 1.29 is 19.1 Å². The van der Waals surface area contributed by atoms with Gasteiger partial charge >= 0.3 is 5.97 Å². The third kappa shape index (κ3) is 3.00. The normalized spacial score (nSPS) is 18.8. The molecule has 6 nitrogen and oxygen atoms in total. The van der Waals surface area contributed by atoms with Crippen LogP contribution in [0.3, 0.4) is 0 Å². The summed E-state index contributed by atoms with van der Waals surface area (Å²) in [5.74, 6) is -0.490. The minimum Gasteiger partial charge on any atom is -0.478 e. The van der Waals surface area contributed by atoms with E-state index >= 15 is 0 Å². The molecule has 6 heteroatoms. The molecule has 0 saturated carbocycles. The first kappa shape index (κ1) is 13.9. The fraction of sp³-hybridized carbons (Fsp3) is 0.467. The third-order valence-corrected chi connectivity index (χ3v) is 3.74. The first-order valence-corrected chi connectivity index (χ1v) is 7.06. The van der Waals surface area contributed by atoms with Crippen LogP contribution in [0.2, 0.25) is 0 Å². The minimum atomic E-state index is -0.970. The lowest BCUT2D eigenvalue weighted by atomic mass is 10.0. The highest BCUT2D eigenvalue weighted by atomic mass is 16.5. The average Bonchev–Trinajstić information content (AvgIpc) is 2.91. The molecule has 0 bridgehead atoms. The number of benzene rings is 1. The van der Waals surface area contributed by atoms with E-state index in [0.717, 1.165) is 32.6 Å². The molecule has 2 aromatic rings. The molecule has 1 N–H and O–H groups in total. The Labute approximate surface area is 122 Å². The van der Waals surface area contributed by atoms with Gasteiger partial charge in [-0.2, -0.15) is 4.98 Å². The number of hydrogen-bond acceptors (Lipinski definition) is 5. The Morgan fingerprint density at radius 3 is 3.10 bits per heavy atom. The van der Waals surface area contributed by atoms with Crippen molar-refractivity contribution in [3.8, 4) is 0 Å². The Bertz CT molecular complexity index is 646. The summed E-state index contributed by atoms with van der Waals surface area (Å²) in [6.45, 7) is 2.44. The van der Waals surface area contributed by atoms with E-state index in [4.69, 9.17) is 14.3 Å². The van der Waals surface area contributed by atoms with Crippen LogP contribution in [0.1, 0.15) is 23.2 Å². The number of carboxylic acid groups (broad SMARTS) is 1. The van der Waals surface area contributed by atoms with Gasteiger partial charge in [-0.15, -0.1) is 0 Å². The van der Waals surface area contributed by atoms with Crippen molar-refractivity contribution in [3.63, 3.8) is 0 Å². The lowest BCUT2D eigenvalue weighted by Crippen LogP contribution is -2.30. The van der Waals surface area contributed by atoms with E-state index in [1.54, 1.807) is 6.07 Å². The average molecular weight is 290 g/mol. The van der Waals surface area contributed by atoms with Crippen molar-refractivity contribution in [3.05, 3.63) is 23.8 Å². The van der Waals surface area contributed by atoms with Crippen LogP contribution >= 0.6 is 0 Å². The van der Waals surface area contributed by atoms with Gasteiger partial charge in [0.05, 0.1) is 12.2 Å². The molecule has 0 spiro atoms. The summed E-state index contributed by atoms with van der Waals surface area (Å²) in [4.78, 5) is 17.3. The molecule has 2 heterocycles. The van der Waals surface area contributed by atoms with Crippen LogP contribution in [0, 0.1) is 5.92 Å². The molecule has 0 aliphatic carbocycles. The first-order valence-electron chi connectivity index (χ1n) is 7.06. The molecule has 21 heavy (non-hydrogen) atoms. The predicted molar refractivity (Wildman–Crippen MR) is 77.8 cm³/mol. The Balaban J connectivity index is 1.78. The number of aromatic carboxylic acids is 1. The maximum atomic E-state index is 11.0. The lowest BCUT2D eigenvalue weighted by Gasteiger charge is -2.26. The highest BCUT2D eigenvalue weighted by molar-refractivity contribution is 5.92. The summed E-state index contributed by atoms with van der Waals surface area (Å²) in [7, 11) is 1.93. The summed E-state index contributed by atoms with van der Waals surface area (Å²) in [6, 6.07) is 5.22. The summed E-state index contributed by atoms with van der Waals surface area (Å²) >= 11 is 0. The van der Waals surface area contributed by atoms with Crippen LogP contribution in [0.5, 0.6) is 0 Å². The van der Waals surface area contributed by atoms with Crippen LogP contribution in [0.25, 0.3) is 11.1 Å². The summed E-state index contributed by atoms with van der Waals surface area (Å²) in [5.41, 5.74) is 1.37. The molecule has 1 saturated heterocycles. The van der Waals surface area contributed by atoms with Crippen LogP contribution < -0.4 is 4.90 Å². The predicted octanol–water partition coefficient (Wildman–Crippen LogP) is 2.39. The Morgan fingerprint density at radius 2 is 2.38 bits per heavy atom. The number of carbonyl (C=O) groups is 1. The summed E-state index contributed by atoms with van der Waals surface area (Å²) in [5, 5.41) is 8.99. The minimum absolute atomic E-state index is 0.202. The van der Waals surface area contributed by atoms with Gasteiger partial charge in [0.15, 0.2) is 5.58 Å². The molecule has 1 unspecified atom stereocenters. The van der Waals surface area contributed by atoms with E-state index in [-0.39, 0.29) is 5.56 Å². The topological polar surface area (TPSA) is 75.8 Å². The van der Waals surface area contributed by atoms with Crippen molar-refractivity contribution in [1.82, 2.24) is 4.98 Å². The zero-order valence-electron chi connectivity index (χ0n) is 11.9. The van der Waals surface area contributed by atoms with Gasteiger partial charge in [-0.1, -0.05) is 0 Å². The molecule has 0 amide bonds. The second-order valence-electron chi connectivity index (χ2n) is 5.45. The van der Waals surface area contributed by atoms with Gasteiger partial charge in [-0.25, -0.2) is 4.79 Å². The molecule has 1 aliphatic heterocycles.